The molecule has 0 spiro atoms. The van der Waals surface area contributed by atoms with E-state index in [1.807, 2.05) is 0 Å². The lowest BCUT2D eigenvalue weighted by Crippen LogP contribution is -2.18. The van der Waals surface area contributed by atoms with Crippen molar-refractivity contribution in [1.82, 2.24) is 0 Å². The number of hydrogen-bond donors (Lipinski definition) is 2. The minimum Gasteiger partial charge on any atom is -0.390 e. The van der Waals surface area contributed by atoms with Crippen LogP contribution in [0, 0.1) is 12.7 Å². The molecule has 0 aliphatic rings. The maximum absolute atomic E-state index is 13.0. The van der Waals surface area contributed by atoms with Gasteiger partial charge in [-0.1, -0.05) is 28.1 Å². The number of hydrogen-bond acceptors (Lipinski definition) is 2. The Morgan fingerprint density at radius 3 is 2.60 bits per heavy atom. The summed E-state index contributed by atoms with van der Waals surface area (Å²) in [5, 5.41) is 19.9. The van der Waals surface area contributed by atoms with E-state index in [-0.39, 0.29) is 5.82 Å². The molecule has 0 saturated carbocycles. The summed E-state index contributed by atoms with van der Waals surface area (Å²) in [7, 11) is 0. The number of alkyl halides is 1. The molecular formula is C11H14BrFO2. The molecule has 0 heterocycles. The first-order valence-electron chi connectivity index (χ1n) is 4.74. The lowest BCUT2D eigenvalue weighted by atomic mass is 10.0. The quantitative estimate of drug-likeness (QED) is 0.829. The summed E-state index contributed by atoms with van der Waals surface area (Å²) in [6, 6.07) is 4.34. The molecule has 1 rings (SSSR count). The molecule has 0 fully saturated rings. The molecular weight excluding hydrogens is 263 g/mol. The molecule has 2 atom stereocenters. The van der Waals surface area contributed by atoms with Crippen molar-refractivity contribution in [2.75, 3.05) is 5.33 Å². The number of halogens is 2. The Hall–Kier alpha value is -0.450. The normalized spacial score (nSPS) is 15.0. The van der Waals surface area contributed by atoms with E-state index in [0.717, 1.165) is 0 Å². The number of benzene rings is 1. The minimum absolute atomic E-state index is 0.305. The Morgan fingerprint density at radius 1 is 1.40 bits per heavy atom. The third-order valence-corrected chi connectivity index (χ3v) is 2.75. The molecule has 0 aliphatic carbocycles. The molecule has 0 bridgehead atoms. The summed E-state index contributed by atoms with van der Waals surface area (Å²) >= 11 is 3.19. The van der Waals surface area contributed by atoms with E-state index in [0.29, 0.717) is 22.9 Å². The van der Waals surface area contributed by atoms with E-state index >= 15 is 0 Å². The van der Waals surface area contributed by atoms with Gasteiger partial charge in [0.25, 0.3) is 0 Å². The highest BCUT2D eigenvalue weighted by Gasteiger charge is 2.18. The minimum atomic E-state index is -0.957. The van der Waals surface area contributed by atoms with Crippen LogP contribution in [0.15, 0.2) is 18.2 Å². The summed E-state index contributed by atoms with van der Waals surface area (Å²) in [6.45, 7) is 1.63. The fourth-order valence-electron chi connectivity index (χ4n) is 1.34. The monoisotopic (exact) mass is 276 g/mol. The molecule has 0 aliphatic heterocycles. The highest BCUT2D eigenvalue weighted by molar-refractivity contribution is 9.09. The van der Waals surface area contributed by atoms with Crippen LogP contribution in [0.2, 0.25) is 0 Å². The van der Waals surface area contributed by atoms with Crippen LogP contribution in [0.25, 0.3) is 0 Å². The molecule has 0 radical (unpaired) electrons. The molecule has 84 valence electrons. The first-order chi connectivity index (χ1) is 7.06. The molecule has 2 nitrogen and oxygen atoms in total. The summed E-state index contributed by atoms with van der Waals surface area (Å²) in [5.74, 6) is -0.305. The summed E-state index contributed by atoms with van der Waals surface area (Å²) < 4.78 is 13.0. The third kappa shape index (κ3) is 3.26. The highest BCUT2D eigenvalue weighted by atomic mass is 79.9. The number of rotatable bonds is 4. The van der Waals surface area contributed by atoms with E-state index in [1.54, 1.807) is 13.0 Å². The molecule has 15 heavy (non-hydrogen) atoms. The number of aryl methyl sites for hydroxylation is 1. The van der Waals surface area contributed by atoms with Gasteiger partial charge in [-0.3, -0.25) is 0 Å². The lowest BCUT2D eigenvalue weighted by Gasteiger charge is -2.17. The van der Waals surface area contributed by atoms with Crippen molar-refractivity contribution in [3.05, 3.63) is 35.1 Å². The molecule has 2 N–H and O–H groups in total. The summed E-state index contributed by atoms with van der Waals surface area (Å²) in [4.78, 5) is 0. The van der Waals surface area contributed by atoms with Gasteiger partial charge in [0.15, 0.2) is 0 Å². The van der Waals surface area contributed by atoms with Gasteiger partial charge in [-0.05, 0) is 30.5 Å². The fraction of sp³-hybridized carbons (Fsp3) is 0.455. The van der Waals surface area contributed by atoms with Crippen LogP contribution in [-0.4, -0.2) is 21.6 Å². The number of aliphatic hydroxyl groups is 2. The van der Waals surface area contributed by atoms with Gasteiger partial charge in [0.1, 0.15) is 11.9 Å². The first kappa shape index (κ1) is 12.6. The van der Waals surface area contributed by atoms with E-state index in [4.69, 9.17) is 0 Å². The van der Waals surface area contributed by atoms with Crippen LogP contribution < -0.4 is 0 Å². The van der Waals surface area contributed by atoms with Gasteiger partial charge in [0.05, 0.1) is 6.10 Å². The van der Waals surface area contributed by atoms with Crippen LogP contribution in [0.1, 0.15) is 23.7 Å². The van der Waals surface area contributed by atoms with Gasteiger partial charge in [-0.2, -0.15) is 0 Å². The second-order valence-corrected chi connectivity index (χ2v) is 4.29. The largest absolute Gasteiger partial charge is 0.390 e. The van der Waals surface area contributed by atoms with Crippen LogP contribution in [-0.2, 0) is 0 Å². The summed E-state index contributed by atoms with van der Waals surface area (Å²) in [6.07, 6.45) is -1.33. The average Bonchev–Trinajstić information content (AvgIpc) is 2.21. The van der Waals surface area contributed by atoms with Gasteiger partial charge in [0.2, 0.25) is 0 Å². The van der Waals surface area contributed by atoms with E-state index < -0.39 is 12.2 Å². The van der Waals surface area contributed by atoms with Gasteiger partial charge >= 0.3 is 0 Å². The van der Waals surface area contributed by atoms with Crippen molar-refractivity contribution in [1.29, 1.82) is 0 Å². The standard InChI is InChI=1S/C11H14BrFO2/c1-7-6-8(2-3-9(7)13)11(15)10(14)4-5-12/h2-3,6,10-11,14-15H,4-5H2,1H3. The van der Waals surface area contributed by atoms with Gasteiger partial charge in [0, 0.05) is 5.33 Å². The smallest absolute Gasteiger partial charge is 0.126 e. The SMILES string of the molecule is Cc1cc(C(O)C(O)CCBr)ccc1F. The predicted molar refractivity (Wildman–Crippen MR) is 60.5 cm³/mol. The van der Waals surface area contributed by atoms with E-state index in [9.17, 15) is 14.6 Å². The molecule has 4 heteroatoms. The number of aliphatic hydroxyl groups excluding tert-OH is 2. The Balaban J connectivity index is 2.81. The third-order valence-electron chi connectivity index (χ3n) is 2.29. The van der Waals surface area contributed by atoms with Crippen molar-refractivity contribution in [3.8, 4) is 0 Å². The van der Waals surface area contributed by atoms with Gasteiger partial charge in [-0.15, -0.1) is 0 Å². The second-order valence-electron chi connectivity index (χ2n) is 3.50. The topological polar surface area (TPSA) is 40.5 Å². The Bertz CT molecular complexity index is 330. The highest BCUT2D eigenvalue weighted by Crippen LogP contribution is 2.21. The maximum Gasteiger partial charge on any atom is 0.126 e. The fourth-order valence-corrected chi connectivity index (χ4v) is 1.81. The summed E-state index contributed by atoms with van der Waals surface area (Å²) in [5.41, 5.74) is 1.01. The molecule has 1 aromatic rings. The molecule has 0 aromatic heterocycles. The Kier molecular flexibility index (Phi) is 4.70. The molecule has 1 aromatic carbocycles. The lowest BCUT2D eigenvalue weighted by molar-refractivity contribution is 0.0173. The van der Waals surface area contributed by atoms with Crippen molar-refractivity contribution in [3.63, 3.8) is 0 Å². The first-order valence-corrected chi connectivity index (χ1v) is 5.86. The maximum atomic E-state index is 13.0. The Morgan fingerprint density at radius 2 is 2.07 bits per heavy atom. The van der Waals surface area contributed by atoms with Crippen LogP contribution >= 0.6 is 15.9 Å². The predicted octanol–water partition coefficient (Wildman–Crippen LogP) is 2.31. The van der Waals surface area contributed by atoms with Gasteiger partial charge in [-0.25, -0.2) is 4.39 Å². The zero-order valence-electron chi connectivity index (χ0n) is 8.45. The van der Waals surface area contributed by atoms with Crippen LogP contribution in [0.3, 0.4) is 0 Å². The van der Waals surface area contributed by atoms with E-state index in [1.165, 1.54) is 12.1 Å². The van der Waals surface area contributed by atoms with Crippen molar-refractivity contribution in [2.24, 2.45) is 0 Å². The molecule has 2 unspecified atom stereocenters. The molecule has 0 saturated heterocycles. The van der Waals surface area contributed by atoms with Crippen LogP contribution in [0.4, 0.5) is 4.39 Å². The second kappa shape index (κ2) is 5.58. The van der Waals surface area contributed by atoms with E-state index in [2.05, 4.69) is 15.9 Å². The Labute approximate surface area is 96.9 Å². The van der Waals surface area contributed by atoms with Crippen LogP contribution in [0.5, 0.6) is 0 Å². The van der Waals surface area contributed by atoms with Crippen molar-refractivity contribution in [2.45, 2.75) is 25.6 Å². The van der Waals surface area contributed by atoms with Crippen molar-refractivity contribution >= 4 is 15.9 Å². The van der Waals surface area contributed by atoms with Crippen molar-refractivity contribution < 1.29 is 14.6 Å². The van der Waals surface area contributed by atoms with Gasteiger partial charge < -0.3 is 10.2 Å². The average molecular weight is 277 g/mol. The zero-order chi connectivity index (χ0) is 11.4. The zero-order valence-corrected chi connectivity index (χ0v) is 10.0. The molecule has 0 amide bonds.